The lowest BCUT2D eigenvalue weighted by Gasteiger charge is -2.18. The summed E-state index contributed by atoms with van der Waals surface area (Å²) in [6, 6.07) is 14.5. The number of ether oxygens (including phenoxy) is 2. The summed E-state index contributed by atoms with van der Waals surface area (Å²) in [4.78, 5) is 12.9. The topological polar surface area (TPSA) is 65.4 Å². The fraction of sp³-hybridized carbons (Fsp3) is 0.385. The Kier molecular flexibility index (Phi) is 9.39. The summed E-state index contributed by atoms with van der Waals surface area (Å²) in [5, 5.41) is 9.19. The molecule has 8 heteroatoms. The van der Waals surface area contributed by atoms with Gasteiger partial charge < -0.3 is 14.8 Å². The lowest BCUT2D eigenvalue weighted by molar-refractivity contribution is 0.0517. The van der Waals surface area contributed by atoms with Crippen molar-refractivity contribution in [1.29, 1.82) is 0 Å². The third kappa shape index (κ3) is 6.53. The number of carbonyl (C=O) groups excluding carboxylic acids is 1. The zero-order valence-corrected chi connectivity index (χ0v) is 21.5. The van der Waals surface area contributed by atoms with Gasteiger partial charge >= 0.3 is 5.97 Å². The van der Waals surface area contributed by atoms with E-state index >= 15 is 0 Å². The highest BCUT2D eigenvalue weighted by Crippen LogP contribution is 2.34. The molecular formula is C26H31Cl2N3O3. The van der Waals surface area contributed by atoms with Crippen LogP contribution in [0.1, 0.15) is 56.6 Å². The summed E-state index contributed by atoms with van der Waals surface area (Å²) >= 11 is 12.5. The number of rotatable bonds is 11. The maximum atomic E-state index is 12.9. The first-order chi connectivity index (χ1) is 16.3. The standard InChI is InChI=1S/C26H31Cl2N3O3/c1-5-17(3)15-18(4)29-16-21-24(26(32)33-6-2)30-31(23-10-8-7-9-22(23)28)25(21)34-20-13-11-19(27)12-14-20/h7-14,17-18,29H,5-6,15-16H2,1-4H3. The van der Waals surface area contributed by atoms with Crippen LogP contribution in [0.25, 0.3) is 5.69 Å². The minimum absolute atomic E-state index is 0.189. The van der Waals surface area contributed by atoms with E-state index in [2.05, 4.69) is 31.2 Å². The number of esters is 1. The molecule has 0 saturated heterocycles. The SMILES string of the molecule is CCOC(=O)c1nn(-c2ccccc2Cl)c(Oc2ccc(Cl)cc2)c1CNC(C)CC(C)CC. The van der Waals surface area contributed by atoms with Gasteiger partial charge in [0.1, 0.15) is 5.75 Å². The molecule has 182 valence electrons. The molecule has 1 aromatic heterocycles. The second kappa shape index (κ2) is 12.2. The first kappa shape index (κ1) is 26.1. The molecule has 0 radical (unpaired) electrons. The molecule has 34 heavy (non-hydrogen) atoms. The highest BCUT2D eigenvalue weighted by Gasteiger charge is 2.27. The van der Waals surface area contributed by atoms with Crippen LogP contribution < -0.4 is 10.1 Å². The molecule has 2 unspecified atom stereocenters. The van der Waals surface area contributed by atoms with E-state index in [4.69, 9.17) is 32.7 Å². The molecule has 1 N–H and O–H groups in total. The Morgan fingerprint density at radius 3 is 2.44 bits per heavy atom. The number of carbonyl (C=O) groups is 1. The van der Waals surface area contributed by atoms with Crippen LogP contribution in [0.4, 0.5) is 0 Å². The average molecular weight is 504 g/mol. The number of para-hydroxylation sites is 1. The van der Waals surface area contributed by atoms with Crippen LogP contribution in [-0.2, 0) is 11.3 Å². The monoisotopic (exact) mass is 503 g/mol. The van der Waals surface area contributed by atoms with Gasteiger partial charge in [-0.3, -0.25) is 0 Å². The number of hydrogen-bond donors (Lipinski definition) is 1. The quantitative estimate of drug-likeness (QED) is 0.283. The van der Waals surface area contributed by atoms with Gasteiger partial charge in [-0.25, -0.2) is 4.79 Å². The average Bonchev–Trinajstić information content (AvgIpc) is 3.17. The largest absolute Gasteiger partial charge is 0.461 e. The van der Waals surface area contributed by atoms with E-state index in [0.29, 0.717) is 45.4 Å². The zero-order chi connectivity index (χ0) is 24.7. The maximum absolute atomic E-state index is 12.9. The van der Waals surface area contributed by atoms with Crippen molar-refractivity contribution in [3.63, 3.8) is 0 Å². The molecule has 0 spiro atoms. The molecule has 0 aliphatic heterocycles. The first-order valence-corrected chi connectivity index (χ1v) is 12.3. The zero-order valence-electron chi connectivity index (χ0n) is 20.0. The normalized spacial score (nSPS) is 12.9. The van der Waals surface area contributed by atoms with Gasteiger partial charge in [0.05, 0.1) is 22.9 Å². The van der Waals surface area contributed by atoms with E-state index < -0.39 is 5.97 Å². The van der Waals surface area contributed by atoms with E-state index in [1.54, 1.807) is 41.9 Å². The molecule has 0 fully saturated rings. The lowest BCUT2D eigenvalue weighted by Crippen LogP contribution is -2.28. The Labute approximate surface area is 211 Å². The van der Waals surface area contributed by atoms with Crippen molar-refractivity contribution >= 4 is 29.2 Å². The molecule has 6 nitrogen and oxygen atoms in total. The minimum Gasteiger partial charge on any atom is -0.461 e. The van der Waals surface area contributed by atoms with Crippen LogP contribution in [0.2, 0.25) is 10.0 Å². The van der Waals surface area contributed by atoms with Gasteiger partial charge in [0.2, 0.25) is 5.88 Å². The Morgan fingerprint density at radius 2 is 1.79 bits per heavy atom. The van der Waals surface area contributed by atoms with Crippen molar-refractivity contribution in [2.24, 2.45) is 5.92 Å². The highest BCUT2D eigenvalue weighted by molar-refractivity contribution is 6.32. The number of nitrogens with one attached hydrogen (secondary N) is 1. The molecule has 2 atom stereocenters. The van der Waals surface area contributed by atoms with E-state index in [1.807, 2.05) is 18.2 Å². The van der Waals surface area contributed by atoms with Crippen LogP contribution >= 0.6 is 23.2 Å². The minimum atomic E-state index is -0.513. The summed E-state index contributed by atoms with van der Waals surface area (Å²) < 4.78 is 13.1. The van der Waals surface area contributed by atoms with Gasteiger partial charge in [0, 0.05) is 17.6 Å². The van der Waals surface area contributed by atoms with E-state index in [0.717, 1.165) is 12.8 Å². The van der Waals surface area contributed by atoms with Gasteiger partial charge in [0.15, 0.2) is 5.69 Å². The van der Waals surface area contributed by atoms with E-state index in [-0.39, 0.29) is 18.3 Å². The smallest absolute Gasteiger partial charge is 0.359 e. The number of hydrogen-bond acceptors (Lipinski definition) is 5. The molecule has 1 heterocycles. The lowest BCUT2D eigenvalue weighted by atomic mass is 10.0. The summed E-state index contributed by atoms with van der Waals surface area (Å²) in [5.74, 6) is 1.02. The molecule has 3 aromatic rings. The summed E-state index contributed by atoms with van der Waals surface area (Å²) in [7, 11) is 0. The van der Waals surface area contributed by atoms with Crippen molar-refractivity contribution in [1.82, 2.24) is 15.1 Å². The third-order valence-electron chi connectivity index (χ3n) is 5.59. The van der Waals surface area contributed by atoms with E-state index in [9.17, 15) is 4.79 Å². The van der Waals surface area contributed by atoms with Crippen molar-refractivity contribution in [3.8, 4) is 17.3 Å². The van der Waals surface area contributed by atoms with Crippen LogP contribution in [-0.4, -0.2) is 28.4 Å². The fourth-order valence-corrected chi connectivity index (χ4v) is 3.94. The Bertz CT molecular complexity index is 1100. The predicted molar refractivity (Wildman–Crippen MR) is 136 cm³/mol. The second-order valence-electron chi connectivity index (χ2n) is 8.30. The van der Waals surface area contributed by atoms with Crippen LogP contribution in [0, 0.1) is 5.92 Å². The van der Waals surface area contributed by atoms with Crippen molar-refractivity contribution in [2.45, 2.75) is 53.1 Å². The first-order valence-electron chi connectivity index (χ1n) is 11.5. The number of nitrogens with zero attached hydrogens (tertiary/aromatic N) is 2. The molecule has 3 rings (SSSR count). The van der Waals surface area contributed by atoms with Gasteiger partial charge in [-0.1, -0.05) is 55.6 Å². The Balaban J connectivity index is 2.09. The highest BCUT2D eigenvalue weighted by atomic mass is 35.5. The molecule has 0 saturated carbocycles. The molecular weight excluding hydrogens is 473 g/mol. The molecule has 0 bridgehead atoms. The number of benzene rings is 2. The Hall–Kier alpha value is -2.54. The van der Waals surface area contributed by atoms with Crippen molar-refractivity contribution < 1.29 is 14.3 Å². The van der Waals surface area contributed by atoms with Crippen LogP contribution in [0.5, 0.6) is 11.6 Å². The van der Waals surface area contributed by atoms with Crippen LogP contribution in [0.3, 0.4) is 0 Å². The molecule has 0 aliphatic rings. The third-order valence-corrected chi connectivity index (χ3v) is 6.17. The van der Waals surface area contributed by atoms with Crippen molar-refractivity contribution in [2.75, 3.05) is 6.61 Å². The van der Waals surface area contributed by atoms with Gasteiger partial charge in [-0.15, -0.1) is 0 Å². The second-order valence-corrected chi connectivity index (χ2v) is 9.15. The molecule has 0 amide bonds. The predicted octanol–water partition coefficient (Wildman–Crippen LogP) is 7.06. The summed E-state index contributed by atoms with van der Waals surface area (Å²) in [5.41, 5.74) is 1.39. The fourth-order valence-electron chi connectivity index (χ4n) is 3.59. The maximum Gasteiger partial charge on any atom is 0.359 e. The molecule has 2 aromatic carbocycles. The van der Waals surface area contributed by atoms with Gasteiger partial charge in [-0.2, -0.15) is 9.78 Å². The number of aromatic nitrogens is 2. The van der Waals surface area contributed by atoms with E-state index in [1.165, 1.54) is 0 Å². The molecule has 0 aliphatic carbocycles. The summed E-state index contributed by atoms with van der Waals surface area (Å²) in [6.45, 7) is 8.92. The van der Waals surface area contributed by atoms with Crippen LogP contribution in [0.15, 0.2) is 48.5 Å². The van der Waals surface area contributed by atoms with Gasteiger partial charge in [0.25, 0.3) is 0 Å². The Morgan fingerprint density at radius 1 is 1.09 bits per heavy atom. The summed E-state index contributed by atoms with van der Waals surface area (Å²) in [6.07, 6.45) is 2.12. The number of halogens is 2. The van der Waals surface area contributed by atoms with Crippen molar-refractivity contribution in [3.05, 3.63) is 69.8 Å². The van der Waals surface area contributed by atoms with Gasteiger partial charge in [-0.05, 0) is 62.6 Å².